The Morgan fingerprint density at radius 1 is 1.15 bits per heavy atom. The highest BCUT2D eigenvalue weighted by atomic mass is 16.7. The lowest BCUT2D eigenvalue weighted by molar-refractivity contribution is -0.0431. The van der Waals surface area contributed by atoms with Gasteiger partial charge in [0.1, 0.15) is 0 Å². The molecule has 0 radical (unpaired) electrons. The van der Waals surface area contributed by atoms with Crippen LogP contribution in [-0.4, -0.2) is 36.4 Å². The molecule has 3 atom stereocenters. The quantitative estimate of drug-likeness (QED) is 0.899. The fraction of sp³-hybridized carbons (Fsp3) is 0.625. The first-order valence-corrected chi connectivity index (χ1v) is 7.60. The highest BCUT2D eigenvalue weighted by Crippen LogP contribution is 2.41. The molecule has 0 aromatic heterocycles. The van der Waals surface area contributed by atoms with Gasteiger partial charge in [0.2, 0.25) is 5.79 Å². The van der Waals surface area contributed by atoms with Crippen molar-refractivity contribution in [1.82, 2.24) is 4.90 Å². The molecule has 20 heavy (non-hydrogen) atoms. The summed E-state index contributed by atoms with van der Waals surface area (Å²) in [5, 5.41) is 3.70. The lowest BCUT2D eigenvalue weighted by atomic mass is 9.94. The normalized spacial score (nSPS) is 33.2. The van der Waals surface area contributed by atoms with E-state index in [0.717, 1.165) is 23.1 Å². The third kappa shape index (κ3) is 2.12. The van der Waals surface area contributed by atoms with Crippen molar-refractivity contribution in [2.45, 2.75) is 38.5 Å². The monoisotopic (exact) mass is 274 g/mol. The molecular weight excluding hydrogens is 252 g/mol. The molecule has 0 aliphatic carbocycles. The van der Waals surface area contributed by atoms with Crippen molar-refractivity contribution in [2.24, 2.45) is 5.92 Å². The number of benzene rings is 1. The molecule has 4 nitrogen and oxygen atoms in total. The molecular formula is C16H22N2O2. The smallest absolute Gasteiger partial charge is 0.246 e. The molecule has 1 N–H and O–H groups in total. The van der Waals surface area contributed by atoms with Crippen molar-refractivity contribution >= 4 is 5.69 Å². The summed E-state index contributed by atoms with van der Waals surface area (Å²) in [4.78, 5) is 2.57. The summed E-state index contributed by atoms with van der Waals surface area (Å²) in [5.74, 6) is 1.95. The number of hydrogen-bond donors (Lipinski definition) is 1. The van der Waals surface area contributed by atoms with Gasteiger partial charge in [-0.1, -0.05) is 0 Å². The SMILES string of the molecule is CC1(C)Oc2ccc(NC3CCN4CCC3C4)cc2O1. The number of ether oxygens (including phenoxy) is 2. The van der Waals surface area contributed by atoms with Crippen molar-refractivity contribution in [2.75, 3.05) is 25.0 Å². The zero-order chi connectivity index (χ0) is 13.7. The number of anilines is 1. The topological polar surface area (TPSA) is 33.7 Å². The molecule has 2 fully saturated rings. The lowest BCUT2D eigenvalue weighted by Crippen LogP contribution is -2.39. The number of piperidine rings is 1. The predicted molar refractivity (Wildman–Crippen MR) is 78.4 cm³/mol. The number of nitrogens with zero attached hydrogens (tertiary/aromatic N) is 1. The average molecular weight is 274 g/mol. The van der Waals surface area contributed by atoms with E-state index in [4.69, 9.17) is 9.47 Å². The van der Waals surface area contributed by atoms with Crippen molar-refractivity contribution in [1.29, 1.82) is 0 Å². The van der Waals surface area contributed by atoms with Gasteiger partial charge in [0.25, 0.3) is 0 Å². The highest BCUT2D eigenvalue weighted by molar-refractivity contribution is 5.56. The lowest BCUT2D eigenvalue weighted by Gasteiger charge is -2.31. The van der Waals surface area contributed by atoms with Gasteiger partial charge in [-0.25, -0.2) is 0 Å². The Morgan fingerprint density at radius 3 is 2.85 bits per heavy atom. The average Bonchev–Trinajstić information content (AvgIpc) is 2.92. The van der Waals surface area contributed by atoms with E-state index in [1.54, 1.807) is 0 Å². The summed E-state index contributed by atoms with van der Waals surface area (Å²) >= 11 is 0. The van der Waals surface area contributed by atoms with Gasteiger partial charge in [-0.3, -0.25) is 0 Å². The van der Waals surface area contributed by atoms with E-state index < -0.39 is 5.79 Å². The molecule has 0 saturated carbocycles. The molecule has 108 valence electrons. The minimum absolute atomic E-state index is 0.544. The molecule has 1 aromatic carbocycles. The van der Waals surface area contributed by atoms with Crippen LogP contribution in [0.25, 0.3) is 0 Å². The van der Waals surface area contributed by atoms with E-state index in [-0.39, 0.29) is 0 Å². The molecule has 1 aromatic rings. The van der Waals surface area contributed by atoms with E-state index >= 15 is 0 Å². The third-order valence-corrected chi connectivity index (χ3v) is 4.64. The van der Waals surface area contributed by atoms with Gasteiger partial charge in [-0.15, -0.1) is 0 Å². The molecule has 2 saturated heterocycles. The number of rotatable bonds is 2. The minimum Gasteiger partial charge on any atom is -0.449 e. The first kappa shape index (κ1) is 12.3. The van der Waals surface area contributed by atoms with Crippen LogP contribution in [0.1, 0.15) is 26.7 Å². The summed E-state index contributed by atoms with van der Waals surface area (Å²) in [6.07, 6.45) is 2.57. The highest BCUT2D eigenvalue weighted by Gasteiger charge is 2.35. The molecule has 4 heteroatoms. The van der Waals surface area contributed by atoms with Crippen molar-refractivity contribution in [3.63, 3.8) is 0 Å². The maximum Gasteiger partial charge on any atom is 0.246 e. The van der Waals surface area contributed by atoms with Gasteiger partial charge in [-0.05, 0) is 37.4 Å². The second-order valence-electron chi connectivity index (χ2n) is 6.65. The van der Waals surface area contributed by atoms with Gasteiger partial charge in [-0.2, -0.15) is 0 Å². The van der Waals surface area contributed by atoms with E-state index in [0.29, 0.717) is 6.04 Å². The number of fused-ring (bicyclic) bond motifs is 3. The van der Waals surface area contributed by atoms with Gasteiger partial charge in [0.05, 0.1) is 0 Å². The first-order valence-electron chi connectivity index (χ1n) is 7.60. The first-order chi connectivity index (χ1) is 9.59. The Kier molecular flexibility index (Phi) is 2.64. The van der Waals surface area contributed by atoms with E-state index in [2.05, 4.69) is 22.3 Å². The zero-order valence-electron chi connectivity index (χ0n) is 12.2. The Hall–Kier alpha value is -1.42. The van der Waals surface area contributed by atoms with Gasteiger partial charge in [0, 0.05) is 44.7 Å². The fourth-order valence-electron chi connectivity index (χ4n) is 3.67. The zero-order valence-corrected chi connectivity index (χ0v) is 12.2. The molecule has 0 spiro atoms. The second kappa shape index (κ2) is 4.29. The molecule has 4 rings (SSSR count). The summed E-state index contributed by atoms with van der Waals surface area (Å²) in [5.41, 5.74) is 1.15. The Bertz CT molecular complexity index is 529. The van der Waals surface area contributed by atoms with Crippen LogP contribution >= 0.6 is 0 Å². The summed E-state index contributed by atoms with van der Waals surface area (Å²) in [6, 6.07) is 6.79. The van der Waals surface area contributed by atoms with E-state index in [9.17, 15) is 0 Å². The molecule has 3 aliphatic rings. The maximum absolute atomic E-state index is 5.82. The Balaban J connectivity index is 1.50. The maximum atomic E-state index is 5.82. The van der Waals surface area contributed by atoms with Crippen LogP contribution in [0.4, 0.5) is 5.69 Å². The summed E-state index contributed by atoms with van der Waals surface area (Å²) in [7, 11) is 0. The van der Waals surface area contributed by atoms with Crippen LogP contribution < -0.4 is 14.8 Å². The molecule has 3 unspecified atom stereocenters. The van der Waals surface area contributed by atoms with Gasteiger partial charge >= 0.3 is 0 Å². The standard InChI is InChI=1S/C16H22N2O2/c1-16(2)19-14-4-3-12(9-15(14)20-16)17-13-6-8-18-7-5-11(13)10-18/h3-4,9,11,13,17H,5-8,10H2,1-2H3. The molecule has 3 heterocycles. The Labute approximate surface area is 120 Å². The molecule has 0 amide bonds. The number of hydrogen-bond acceptors (Lipinski definition) is 4. The van der Waals surface area contributed by atoms with E-state index in [1.165, 1.54) is 32.5 Å². The second-order valence-corrected chi connectivity index (χ2v) is 6.65. The van der Waals surface area contributed by atoms with Gasteiger partial charge < -0.3 is 19.7 Å². The van der Waals surface area contributed by atoms with Crippen LogP contribution in [0.3, 0.4) is 0 Å². The van der Waals surface area contributed by atoms with Crippen molar-refractivity contribution in [3.05, 3.63) is 18.2 Å². The van der Waals surface area contributed by atoms with Crippen LogP contribution in [0, 0.1) is 5.92 Å². The van der Waals surface area contributed by atoms with Crippen LogP contribution in [0.5, 0.6) is 11.5 Å². The van der Waals surface area contributed by atoms with Crippen molar-refractivity contribution in [3.8, 4) is 11.5 Å². The fourth-order valence-corrected chi connectivity index (χ4v) is 3.67. The van der Waals surface area contributed by atoms with Gasteiger partial charge in [0.15, 0.2) is 11.5 Å². The predicted octanol–water partition coefficient (Wildman–Crippen LogP) is 2.70. The van der Waals surface area contributed by atoms with Crippen LogP contribution in [0.15, 0.2) is 18.2 Å². The van der Waals surface area contributed by atoms with Crippen LogP contribution in [-0.2, 0) is 0 Å². The largest absolute Gasteiger partial charge is 0.449 e. The molecule has 3 aliphatic heterocycles. The summed E-state index contributed by atoms with van der Waals surface area (Å²) < 4.78 is 11.5. The molecule has 2 bridgehead atoms. The van der Waals surface area contributed by atoms with Crippen molar-refractivity contribution < 1.29 is 9.47 Å². The summed E-state index contributed by atoms with van der Waals surface area (Å²) in [6.45, 7) is 7.64. The Morgan fingerprint density at radius 2 is 1.95 bits per heavy atom. The van der Waals surface area contributed by atoms with E-state index in [1.807, 2.05) is 19.9 Å². The third-order valence-electron chi connectivity index (χ3n) is 4.64. The van der Waals surface area contributed by atoms with Crippen LogP contribution in [0.2, 0.25) is 0 Å². The minimum atomic E-state index is -0.544. The number of nitrogens with one attached hydrogen (secondary N) is 1.